The van der Waals surface area contributed by atoms with E-state index in [1.165, 1.54) is 11.4 Å². The minimum absolute atomic E-state index is 0.485. The predicted octanol–water partition coefficient (Wildman–Crippen LogP) is -1.71. The Hall–Kier alpha value is -0.210. The molecular weight excluding hydrogens is 182 g/mol. The van der Waals surface area contributed by atoms with Crippen molar-refractivity contribution < 1.29 is 13.3 Å². The summed E-state index contributed by atoms with van der Waals surface area (Å²) in [6.07, 6.45) is 0. The van der Waals surface area contributed by atoms with Crippen molar-refractivity contribution in [1.82, 2.24) is 14.5 Å². The van der Waals surface area contributed by atoms with E-state index < -0.39 is 10.2 Å². The van der Waals surface area contributed by atoms with Gasteiger partial charge in [0, 0.05) is 26.2 Å². The molecule has 0 aromatic carbocycles. The highest BCUT2D eigenvalue weighted by Crippen LogP contribution is 1.98. The van der Waals surface area contributed by atoms with Crippen molar-refractivity contribution in [3.8, 4) is 0 Å². The maximum atomic E-state index is 11.2. The molecule has 0 atom stereocenters. The highest BCUT2D eigenvalue weighted by atomic mass is 32.2. The summed E-state index contributed by atoms with van der Waals surface area (Å²) < 4.78 is 23.8. The van der Waals surface area contributed by atoms with Crippen molar-refractivity contribution in [2.45, 2.75) is 0 Å². The van der Waals surface area contributed by atoms with Gasteiger partial charge in [0.05, 0.1) is 7.11 Å². The Labute approximate surface area is 72.0 Å². The van der Waals surface area contributed by atoms with Crippen LogP contribution in [-0.2, 0) is 15.0 Å². The second-order valence-corrected chi connectivity index (χ2v) is 4.07. The highest BCUT2D eigenvalue weighted by Gasteiger charge is 2.22. The first-order chi connectivity index (χ1) is 5.67. The topological polar surface area (TPSA) is 70.7 Å². The number of hydrogen-bond acceptors (Lipinski definition) is 4. The quantitative estimate of drug-likeness (QED) is 0.526. The Morgan fingerprint density at radius 2 is 2.00 bits per heavy atom. The lowest BCUT2D eigenvalue weighted by atomic mass is 10.4. The summed E-state index contributed by atoms with van der Waals surface area (Å²) in [5.74, 6) is 0. The molecule has 0 aromatic heterocycles. The summed E-state index contributed by atoms with van der Waals surface area (Å²) in [5, 5.41) is 3.05. The molecule has 1 rings (SSSR count). The first-order valence-corrected chi connectivity index (χ1v) is 5.11. The zero-order valence-corrected chi connectivity index (χ0v) is 7.73. The monoisotopic (exact) mass is 195 g/mol. The molecule has 1 saturated heterocycles. The van der Waals surface area contributed by atoms with Crippen LogP contribution in [0.25, 0.3) is 0 Å². The Bertz CT molecular complexity index is 222. The maximum absolute atomic E-state index is 11.2. The van der Waals surface area contributed by atoms with Crippen molar-refractivity contribution in [2.75, 3.05) is 33.3 Å². The van der Waals surface area contributed by atoms with Crippen LogP contribution in [0.3, 0.4) is 0 Å². The lowest BCUT2D eigenvalue weighted by Crippen LogP contribution is -2.50. The lowest BCUT2D eigenvalue weighted by molar-refractivity contribution is 0.144. The summed E-state index contributed by atoms with van der Waals surface area (Å²) in [5.41, 5.74) is 0. The van der Waals surface area contributed by atoms with Gasteiger partial charge in [0.1, 0.15) is 0 Å². The molecule has 1 heterocycles. The minimum Gasteiger partial charge on any atom is -0.314 e. The molecular formula is C5H13N3O3S. The fraction of sp³-hybridized carbons (Fsp3) is 1.00. The normalized spacial score (nSPS) is 21.1. The van der Waals surface area contributed by atoms with Crippen molar-refractivity contribution >= 4 is 10.2 Å². The van der Waals surface area contributed by atoms with Crippen LogP contribution in [0.1, 0.15) is 0 Å². The third-order valence-electron chi connectivity index (χ3n) is 1.60. The molecule has 0 spiro atoms. The Morgan fingerprint density at radius 1 is 1.42 bits per heavy atom. The van der Waals surface area contributed by atoms with Crippen molar-refractivity contribution in [1.29, 1.82) is 0 Å². The van der Waals surface area contributed by atoms with Crippen LogP contribution in [0.5, 0.6) is 0 Å². The molecule has 7 heteroatoms. The van der Waals surface area contributed by atoms with Gasteiger partial charge in [-0.3, -0.25) is 4.84 Å². The third kappa shape index (κ3) is 2.39. The molecule has 0 aromatic rings. The van der Waals surface area contributed by atoms with Gasteiger partial charge >= 0.3 is 10.2 Å². The van der Waals surface area contributed by atoms with Gasteiger partial charge in [-0.2, -0.15) is 12.7 Å². The number of piperazine rings is 1. The van der Waals surface area contributed by atoms with E-state index in [2.05, 4.69) is 10.2 Å². The van der Waals surface area contributed by atoms with Gasteiger partial charge in [0.15, 0.2) is 0 Å². The third-order valence-corrected chi connectivity index (χ3v) is 3.03. The second kappa shape index (κ2) is 4.15. The highest BCUT2D eigenvalue weighted by molar-refractivity contribution is 7.87. The van der Waals surface area contributed by atoms with Crippen LogP contribution in [0.4, 0.5) is 0 Å². The van der Waals surface area contributed by atoms with Crippen LogP contribution in [0.15, 0.2) is 0 Å². The first-order valence-electron chi connectivity index (χ1n) is 3.67. The van der Waals surface area contributed by atoms with Crippen molar-refractivity contribution in [2.24, 2.45) is 0 Å². The molecule has 0 bridgehead atoms. The summed E-state index contributed by atoms with van der Waals surface area (Å²) in [6.45, 7) is 2.34. The zero-order chi connectivity index (χ0) is 9.03. The van der Waals surface area contributed by atoms with Gasteiger partial charge in [-0.05, 0) is 0 Å². The summed E-state index contributed by atoms with van der Waals surface area (Å²) in [6, 6.07) is 0. The molecule has 0 saturated carbocycles. The lowest BCUT2D eigenvalue weighted by Gasteiger charge is -2.25. The molecule has 72 valence electrons. The van der Waals surface area contributed by atoms with E-state index >= 15 is 0 Å². The largest absolute Gasteiger partial charge is 0.314 e. The molecule has 0 aliphatic carbocycles. The summed E-state index contributed by atoms with van der Waals surface area (Å²) in [4.78, 5) is 6.32. The van der Waals surface area contributed by atoms with Crippen LogP contribution in [0.2, 0.25) is 0 Å². The Kier molecular flexibility index (Phi) is 3.41. The zero-order valence-electron chi connectivity index (χ0n) is 6.91. The molecule has 1 aliphatic rings. The van der Waals surface area contributed by atoms with Gasteiger partial charge in [-0.25, -0.2) is 0 Å². The standard InChI is InChI=1S/C5H13N3O3S/c1-11-7-12(9,10)8-4-2-6-3-5-8/h6-7H,2-5H2,1H3. The van der Waals surface area contributed by atoms with E-state index in [1.54, 1.807) is 0 Å². The number of hydrogen-bond donors (Lipinski definition) is 2. The van der Waals surface area contributed by atoms with E-state index in [0.717, 1.165) is 0 Å². The molecule has 0 unspecified atom stereocenters. The van der Waals surface area contributed by atoms with E-state index in [1.807, 2.05) is 4.89 Å². The molecule has 0 radical (unpaired) electrons. The Morgan fingerprint density at radius 3 is 2.50 bits per heavy atom. The minimum atomic E-state index is -3.41. The number of nitrogens with zero attached hydrogens (tertiary/aromatic N) is 1. The van der Waals surface area contributed by atoms with Crippen molar-refractivity contribution in [3.63, 3.8) is 0 Å². The number of rotatable bonds is 3. The van der Waals surface area contributed by atoms with Gasteiger partial charge in [0.25, 0.3) is 0 Å². The fourth-order valence-electron chi connectivity index (χ4n) is 1.04. The van der Waals surface area contributed by atoms with Gasteiger partial charge < -0.3 is 5.32 Å². The maximum Gasteiger partial charge on any atom is 0.301 e. The molecule has 0 amide bonds. The molecule has 6 nitrogen and oxygen atoms in total. The fourth-order valence-corrected chi connectivity index (χ4v) is 2.02. The van der Waals surface area contributed by atoms with E-state index in [9.17, 15) is 8.42 Å². The Balaban J connectivity index is 2.54. The molecule has 12 heavy (non-hydrogen) atoms. The van der Waals surface area contributed by atoms with Crippen LogP contribution in [-0.4, -0.2) is 46.0 Å². The molecule has 1 fully saturated rings. The first kappa shape index (κ1) is 9.87. The average Bonchev–Trinajstić information content (AvgIpc) is 2.06. The molecule has 2 N–H and O–H groups in total. The van der Waals surface area contributed by atoms with Gasteiger partial charge in [0.2, 0.25) is 0 Å². The summed E-state index contributed by atoms with van der Waals surface area (Å²) >= 11 is 0. The SMILES string of the molecule is CONS(=O)(=O)N1CCNCC1. The number of nitrogens with one attached hydrogen (secondary N) is 2. The summed E-state index contributed by atoms with van der Waals surface area (Å²) in [7, 11) is -2.13. The smallest absolute Gasteiger partial charge is 0.301 e. The van der Waals surface area contributed by atoms with Crippen LogP contribution >= 0.6 is 0 Å². The van der Waals surface area contributed by atoms with E-state index in [0.29, 0.717) is 26.2 Å². The molecule has 1 aliphatic heterocycles. The predicted molar refractivity (Wildman–Crippen MR) is 43.5 cm³/mol. The van der Waals surface area contributed by atoms with Gasteiger partial charge in [-0.15, -0.1) is 0 Å². The van der Waals surface area contributed by atoms with Gasteiger partial charge in [-0.1, -0.05) is 4.89 Å². The average molecular weight is 195 g/mol. The van der Waals surface area contributed by atoms with Crippen molar-refractivity contribution in [3.05, 3.63) is 0 Å². The van der Waals surface area contributed by atoms with Crippen LogP contribution in [0, 0.1) is 0 Å². The second-order valence-electron chi connectivity index (χ2n) is 2.44. The van der Waals surface area contributed by atoms with Crippen LogP contribution < -0.4 is 10.2 Å². The van der Waals surface area contributed by atoms with E-state index in [-0.39, 0.29) is 0 Å². The van der Waals surface area contributed by atoms with E-state index in [4.69, 9.17) is 0 Å².